The van der Waals surface area contributed by atoms with Gasteiger partial charge in [0.15, 0.2) is 0 Å². The Hall–Kier alpha value is -2.58. The van der Waals surface area contributed by atoms with Crippen molar-refractivity contribution in [1.82, 2.24) is 20.4 Å². The second-order valence-corrected chi connectivity index (χ2v) is 6.71. The van der Waals surface area contributed by atoms with Gasteiger partial charge < -0.3 is 10.1 Å². The van der Waals surface area contributed by atoms with Gasteiger partial charge in [-0.15, -0.1) is 0 Å². The standard InChI is InChI=1S/C20H23F3N4O/c1-24-8-9-27(2)12-19-17-11-16(6-7-18(17)25-26-19)28-13-14-4-3-5-15(10-14)20(21,22)23/h3-7,10-11,24H,8-9,12-13H2,1-2H3,(H,25,26). The number of likely N-dealkylation sites (N-methyl/N-ethyl adjacent to an activating group) is 2. The number of rotatable bonds is 8. The number of halogens is 3. The fourth-order valence-corrected chi connectivity index (χ4v) is 2.90. The number of alkyl halides is 3. The van der Waals surface area contributed by atoms with Crippen molar-refractivity contribution >= 4 is 10.9 Å². The van der Waals surface area contributed by atoms with Gasteiger partial charge in [-0.05, 0) is 50.0 Å². The van der Waals surface area contributed by atoms with Crippen molar-refractivity contribution in [3.05, 3.63) is 59.3 Å². The highest BCUT2D eigenvalue weighted by atomic mass is 19.4. The number of ether oxygens (including phenoxy) is 1. The summed E-state index contributed by atoms with van der Waals surface area (Å²) in [6.45, 7) is 2.50. The smallest absolute Gasteiger partial charge is 0.416 e. The Morgan fingerprint density at radius 2 is 2.00 bits per heavy atom. The van der Waals surface area contributed by atoms with Crippen molar-refractivity contribution in [2.75, 3.05) is 27.2 Å². The highest BCUT2D eigenvalue weighted by Gasteiger charge is 2.30. The number of hydrogen-bond acceptors (Lipinski definition) is 4. The van der Waals surface area contributed by atoms with Crippen LogP contribution in [0.5, 0.6) is 5.75 Å². The Kier molecular flexibility index (Phi) is 6.21. The normalized spacial score (nSPS) is 12.1. The molecule has 0 spiro atoms. The first-order valence-electron chi connectivity index (χ1n) is 8.96. The predicted octanol–water partition coefficient (Wildman–Crippen LogP) is 3.81. The summed E-state index contributed by atoms with van der Waals surface area (Å²) in [6.07, 6.45) is -4.36. The highest BCUT2D eigenvalue weighted by molar-refractivity contribution is 5.82. The Morgan fingerprint density at radius 3 is 2.75 bits per heavy atom. The molecule has 0 bridgehead atoms. The average molecular weight is 392 g/mol. The first-order chi connectivity index (χ1) is 13.4. The van der Waals surface area contributed by atoms with Crippen LogP contribution in [0.25, 0.3) is 10.9 Å². The monoisotopic (exact) mass is 392 g/mol. The van der Waals surface area contributed by atoms with Gasteiger partial charge in [0, 0.05) is 25.0 Å². The van der Waals surface area contributed by atoms with Crippen molar-refractivity contribution in [1.29, 1.82) is 0 Å². The molecule has 0 radical (unpaired) electrons. The zero-order chi connectivity index (χ0) is 20.1. The van der Waals surface area contributed by atoms with Crippen LogP contribution < -0.4 is 10.1 Å². The number of nitrogens with one attached hydrogen (secondary N) is 2. The van der Waals surface area contributed by atoms with Gasteiger partial charge in [-0.1, -0.05) is 12.1 Å². The SMILES string of the molecule is CNCCN(C)Cc1n[nH]c2ccc(OCc3cccc(C(F)(F)F)c3)cc12. The van der Waals surface area contributed by atoms with Gasteiger partial charge in [0.2, 0.25) is 0 Å². The largest absolute Gasteiger partial charge is 0.489 e. The van der Waals surface area contributed by atoms with E-state index in [-0.39, 0.29) is 6.61 Å². The Labute approximate surface area is 161 Å². The molecule has 0 aliphatic rings. The summed E-state index contributed by atoms with van der Waals surface area (Å²) in [4.78, 5) is 2.16. The number of hydrogen-bond donors (Lipinski definition) is 2. The lowest BCUT2D eigenvalue weighted by molar-refractivity contribution is -0.137. The molecule has 0 amide bonds. The Morgan fingerprint density at radius 1 is 1.18 bits per heavy atom. The summed E-state index contributed by atoms with van der Waals surface area (Å²) in [5.74, 6) is 0.588. The molecular weight excluding hydrogens is 369 g/mol. The van der Waals surface area contributed by atoms with Gasteiger partial charge in [-0.2, -0.15) is 18.3 Å². The number of aromatic nitrogens is 2. The van der Waals surface area contributed by atoms with Crippen LogP contribution >= 0.6 is 0 Å². The number of fused-ring (bicyclic) bond motifs is 1. The Bertz CT molecular complexity index is 923. The third-order valence-corrected chi connectivity index (χ3v) is 4.44. The molecule has 0 unspecified atom stereocenters. The molecule has 2 N–H and O–H groups in total. The Balaban J connectivity index is 1.71. The number of aromatic amines is 1. The molecule has 1 heterocycles. The summed E-state index contributed by atoms with van der Waals surface area (Å²) in [7, 11) is 3.93. The van der Waals surface area contributed by atoms with Crippen LogP contribution in [0.2, 0.25) is 0 Å². The van der Waals surface area contributed by atoms with Crippen molar-refractivity contribution in [2.24, 2.45) is 0 Å². The van der Waals surface area contributed by atoms with E-state index in [2.05, 4.69) is 20.4 Å². The molecular formula is C20H23F3N4O. The van der Waals surface area contributed by atoms with Crippen molar-refractivity contribution in [3.63, 3.8) is 0 Å². The van der Waals surface area contributed by atoms with Crippen LogP contribution in [0.1, 0.15) is 16.8 Å². The summed E-state index contributed by atoms with van der Waals surface area (Å²) in [5.41, 5.74) is 1.58. The second-order valence-electron chi connectivity index (χ2n) is 6.71. The van der Waals surface area contributed by atoms with E-state index in [0.717, 1.165) is 41.8 Å². The van der Waals surface area contributed by atoms with Crippen molar-refractivity contribution < 1.29 is 17.9 Å². The van der Waals surface area contributed by atoms with E-state index in [4.69, 9.17) is 4.74 Å². The maximum absolute atomic E-state index is 12.8. The van der Waals surface area contributed by atoms with Crippen LogP contribution in [-0.4, -0.2) is 42.3 Å². The number of nitrogens with zero attached hydrogens (tertiary/aromatic N) is 2. The van der Waals surface area contributed by atoms with E-state index >= 15 is 0 Å². The average Bonchev–Trinajstić information content (AvgIpc) is 3.06. The second kappa shape index (κ2) is 8.62. The van der Waals surface area contributed by atoms with E-state index in [1.165, 1.54) is 6.07 Å². The van der Waals surface area contributed by atoms with E-state index < -0.39 is 11.7 Å². The predicted molar refractivity (Wildman–Crippen MR) is 102 cm³/mol. The van der Waals surface area contributed by atoms with Crippen LogP contribution in [0.3, 0.4) is 0 Å². The minimum absolute atomic E-state index is 0.0602. The topological polar surface area (TPSA) is 53.2 Å². The minimum atomic E-state index is -4.36. The molecule has 3 aromatic rings. The van der Waals surface area contributed by atoms with Crippen LogP contribution in [0, 0.1) is 0 Å². The molecule has 150 valence electrons. The van der Waals surface area contributed by atoms with E-state index in [1.54, 1.807) is 12.1 Å². The van der Waals surface area contributed by atoms with Gasteiger partial charge in [0.05, 0.1) is 16.8 Å². The first kappa shape index (κ1) is 20.2. The van der Waals surface area contributed by atoms with Gasteiger partial charge in [0.25, 0.3) is 0 Å². The molecule has 28 heavy (non-hydrogen) atoms. The van der Waals surface area contributed by atoms with Crippen LogP contribution in [0.4, 0.5) is 13.2 Å². The van der Waals surface area contributed by atoms with Crippen molar-refractivity contribution in [3.8, 4) is 5.75 Å². The molecule has 0 saturated heterocycles. The quantitative estimate of drug-likeness (QED) is 0.612. The summed E-state index contributed by atoms with van der Waals surface area (Å²) >= 11 is 0. The van der Waals surface area contributed by atoms with Crippen LogP contribution in [0.15, 0.2) is 42.5 Å². The van der Waals surface area contributed by atoms with Gasteiger partial charge in [-0.3, -0.25) is 10.00 Å². The lowest BCUT2D eigenvalue weighted by Gasteiger charge is -2.15. The fourth-order valence-electron chi connectivity index (χ4n) is 2.90. The molecule has 1 aromatic heterocycles. The number of H-pyrrole nitrogens is 1. The third-order valence-electron chi connectivity index (χ3n) is 4.44. The molecule has 0 saturated carbocycles. The third kappa shape index (κ3) is 5.02. The van der Waals surface area contributed by atoms with Crippen molar-refractivity contribution in [2.45, 2.75) is 19.3 Å². The van der Waals surface area contributed by atoms with Crippen LogP contribution in [-0.2, 0) is 19.3 Å². The summed E-state index contributed by atoms with van der Waals surface area (Å²) in [5, 5.41) is 11.4. The number of benzene rings is 2. The highest BCUT2D eigenvalue weighted by Crippen LogP contribution is 2.30. The van der Waals surface area contributed by atoms with E-state index in [0.29, 0.717) is 17.9 Å². The maximum atomic E-state index is 12.8. The summed E-state index contributed by atoms with van der Waals surface area (Å²) in [6, 6.07) is 10.7. The zero-order valence-electron chi connectivity index (χ0n) is 15.8. The van der Waals surface area contributed by atoms with E-state index in [9.17, 15) is 13.2 Å². The molecule has 0 aliphatic carbocycles. The fraction of sp³-hybridized carbons (Fsp3) is 0.350. The first-order valence-corrected chi connectivity index (χ1v) is 8.96. The lowest BCUT2D eigenvalue weighted by Crippen LogP contribution is -2.27. The molecule has 5 nitrogen and oxygen atoms in total. The van der Waals surface area contributed by atoms with E-state index in [1.807, 2.05) is 26.2 Å². The molecule has 0 aliphatic heterocycles. The molecule has 0 fully saturated rings. The molecule has 2 aromatic carbocycles. The molecule has 0 atom stereocenters. The van der Waals surface area contributed by atoms with Gasteiger partial charge in [-0.25, -0.2) is 0 Å². The maximum Gasteiger partial charge on any atom is 0.416 e. The summed E-state index contributed by atoms with van der Waals surface area (Å²) < 4.78 is 44.2. The van der Waals surface area contributed by atoms with Gasteiger partial charge in [0.1, 0.15) is 12.4 Å². The lowest BCUT2D eigenvalue weighted by atomic mass is 10.1. The minimum Gasteiger partial charge on any atom is -0.489 e. The molecule has 8 heteroatoms. The van der Waals surface area contributed by atoms with Gasteiger partial charge >= 0.3 is 6.18 Å². The zero-order valence-corrected chi connectivity index (χ0v) is 15.8. The molecule has 3 rings (SSSR count).